The topological polar surface area (TPSA) is 42.7 Å². The van der Waals surface area contributed by atoms with E-state index in [4.69, 9.17) is 4.98 Å². The van der Waals surface area contributed by atoms with E-state index >= 15 is 0 Å². The zero-order chi connectivity index (χ0) is 23.9. The largest absolute Gasteiger partial charge is 0.374 e. The Kier molecular flexibility index (Phi) is 6.02. The maximum Gasteiger partial charge on any atom is 0.267 e. The van der Waals surface area contributed by atoms with Crippen LogP contribution < -0.4 is 5.32 Å². The number of aryl methyl sites for hydroxylation is 1. The zero-order valence-corrected chi connectivity index (χ0v) is 19.9. The van der Waals surface area contributed by atoms with Gasteiger partial charge in [0.1, 0.15) is 11.6 Å². The molecular weight excluding hydrogens is 406 g/mol. The van der Waals surface area contributed by atoms with E-state index in [1.165, 1.54) is 13.8 Å². The predicted molar refractivity (Wildman–Crippen MR) is 127 cm³/mol. The Morgan fingerprint density at radius 1 is 1.00 bits per heavy atom. The van der Waals surface area contributed by atoms with Gasteiger partial charge in [-0.15, -0.1) is 0 Å². The number of nitrogens with zero attached hydrogens (tertiary/aromatic N) is 3. The lowest BCUT2D eigenvalue weighted by atomic mass is 9.95. The average molecular weight is 439 g/mol. The quantitative estimate of drug-likeness (QED) is 0.475. The van der Waals surface area contributed by atoms with E-state index < -0.39 is 11.5 Å². The molecule has 1 N–H and O–H groups in total. The van der Waals surface area contributed by atoms with E-state index in [0.29, 0.717) is 17.1 Å². The van der Waals surface area contributed by atoms with E-state index in [1.54, 1.807) is 6.20 Å². The molecule has 0 saturated carbocycles. The van der Waals surface area contributed by atoms with Crippen molar-refractivity contribution in [3.8, 4) is 17.1 Å². The molecule has 0 bridgehead atoms. The van der Waals surface area contributed by atoms with Crippen LogP contribution >= 0.6 is 0 Å². The fourth-order valence-electron chi connectivity index (χ4n) is 3.29. The summed E-state index contributed by atoms with van der Waals surface area (Å²) in [5, 5.41) is 2.92. The van der Waals surface area contributed by atoms with Crippen LogP contribution in [0.15, 0.2) is 55.4 Å². The van der Waals surface area contributed by atoms with E-state index in [1.807, 2.05) is 54.1 Å². The van der Waals surface area contributed by atoms with Crippen molar-refractivity contribution in [2.45, 2.75) is 65.3 Å². The molecule has 0 saturated heterocycles. The van der Waals surface area contributed by atoms with Gasteiger partial charge in [0.05, 0.1) is 11.2 Å². The van der Waals surface area contributed by atoms with Crippen molar-refractivity contribution < 1.29 is 8.78 Å². The monoisotopic (exact) mass is 438 g/mol. The number of rotatable bonds is 6. The minimum Gasteiger partial charge on any atom is -0.374 e. The summed E-state index contributed by atoms with van der Waals surface area (Å²) in [6.07, 6.45) is 3.61. The van der Waals surface area contributed by atoms with Crippen molar-refractivity contribution in [3.05, 3.63) is 72.3 Å². The number of pyridine rings is 1. The molecule has 0 aliphatic carbocycles. The highest BCUT2D eigenvalue weighted by Gasteiger charge is 2.42. The highest BCUT2D eigenvalue weighted by Crippen LogP contribution is 2.32. The molecule has 0 radical (unpaired) electrons. The maximum absolute atomic E-state index is 14.1. The minimum absolute atomic E-state index is 0.202. The first kappa shape index (κ1) is 23.6. The number of hydrogen-bond donors (Lipinski definition) is 1. The number of imidazole rings is 1. The van der Waals surface area contributed by atoms with Gasteiger partial charge in [0.2, 0.25) is 0 Å². The number of aromatic nitrogens is 3. The van der Waals surface area contributed by atoms with E-state index in [-0.39, 0.29) is 5.41 Å². The van der Waals surface area contributed by atoms with Crippen LogP contribution in [-0.4, -0.2) is 26.0 Å². The van der Waals surface area contributed by atoms with Crippen LogP contribution in [0, 0.1) is 6.92 Å². The van der Waals surface area contributed by atoms with Gasteiger partial charge in [-0.3, -0.25) is 4.57 Å². The van der Waals surface area contributed by atoms with Gasteiger partial charge in [0.15, 0.2) is 0 Å². The zero-order valence-electron chi connectivity index (χ0n) is 19.9. The predicted octanol–water partition coefficient (Wildman–Crippen LogP) is 6.53. The normalized spacial score (nSPS) is 12.7. The summed E-state index contributed by atoms with van der Waals surface area (Å²) >= 11 is 0. The Labute approximate surface area is 189 Å². The van der Waals surface area contributed by atoms with Crippen molar-refractivity contribution >= 4 is 5.70 Å². The van der Waals surface area contributed by atoms with Gasteiger partial charge in [0.25, 0.3) is 5.92 Å². The highest BCUT2D eigenvalue weighted by atomic mass is 19.3. The second-order valence-electron chi connectivity index (χ2n) is 9.95. The lowest BCUT2D eigenvalue weighted by Crippen LogP contribution is -2.51. The van der Waals surface area contributed by atoms with Crippen LogP contribution in [0.4, 0.5) is 8.78 Å². The number of benzene rings is 1. The second kappa shape index (κ2) is 8.15. The molecule has 6 heteroatoms. The third kappa shape index (κ3) is 4.90. The number of alkyl halides is 2. The third-order valence-corrected chi connectivity index (χ3v) is 5.63. The molecule has 0 spiro atoms. The number of halogens is 2. The first-order chi connectivity index (χ1) is 14.7. The molecule has 3 aromatic rings. The van der Waals surface area contributed by atoms with Crippen LogP contribution in [-0.2, 0) is 5.41 Å². The van der Waals surface area contributed by atoms with Crippen molar-refractivity contribution in [1.82, 2.24) is 19.9 Å². The summed E-state index contributed by atoms with van der Waals surface area (Å²) in [5.74, 6) is -1.42. The molecule has 2 aromatic heterocycles. The standard InChI is InChI=1S/C26H32F2N4/c1-17-9-11-19(12-10-17)21-15-20(18(2)31-25(6,7)26(8,27)28)16-22(30-21)32-14-13-29-23(32)24(3,4)5/h9-16,31H,2H2,1,3-8H3. The van der Waals surface area contributed by atoms with Gasteiger partial charge in [-0.25, -0.2) is 18.7 Å². The van der Waals surface area contributed by atoms with Gasteiger partial charge >= 0.3 is 0 Å². The Bertz CT molecular complexity index is 1110. The number of hydrogen-bond acceptors (Lipinski definition) is 3. The first-order valence-electron chi connectivity index (χ1n) is 10.7. The van der Waals surface area contributed by atoms with E-state index in [2.05, 4.69) is 37.7 Å². The smallest absolute Gasteiger partial charge is 0.267 e. The fraction of sp³-hybridized carbons (Fsp3) is 0.385. The molecule has 0 unspecified atom stereocenters. The van der Waals surface area contributed by atoms with Crippen molar-refractivity contribution in [1.29, 1.82) is 0 Å². The summed E-state index contributed by atoms with van der Waals surface area (Å²) in [6, 6.07) is 11.8. The highest BCUT2D eigenvalue weighted by molar-refractivity contribution is 5.70. The van der Waals surface area contributed by atoms with E-state index in [9.17, 15) is 8.78 Å². The molecule has 3 rings (SSSR count). The van der Waals surface area contributed by atoms with Crippen LogP contribution in [0.2, 0.25) is 0 Å². The molecule has 1 aromatic carbocycles. The second-order valence-corrected chi connectivity index (χ2v) is 9.95. The summed E-state index contributed by atoms with van der Waals surface area (Å²) in [5.41, 5.74) is 2.24. The summed E-state index contributed by atoms with van der Waals surface area (Å²) in [6.45, 7) is 16.2. The molecule has 0 atom stereocenters. The third-order valence-electron chi connectivity index (χ3n) is 5.63. The summed E-state index contributed by atoms with van der Waals surface area (Å²) in [7, 11) is 0. The maximum atomic E-state index is 14.1. The molecule has 0 fully saturated rings. The van der Waals surface area contributed by atoms with Gasteiger partial charge in [-0.05, 0) is 32.9 Å². The lowest BCUT2D eigenvalue weighted by molar-refractivity contribution is -0.0515. The molecule has 32 heavy (non-hydrogen) atoms. The minimum atomic E-state index is -2.94. The average Bonchev–Trinajstić information content (AvgIpc) is 3.17. The van der Waals surface area contributed by atoms with Gasteiger partial charge in [-0.1, -0.05) is 57.2 Å². The summed E-state index contributed by atoms with van der Waals surface area (Å²) < 4.78 is 30.2. The Balaban J connectivity index is 2.15. The molecule has 0 amide bonds. The molecule has 0 aliphatic heterocycles. The van der Waals surface area contributed by atoms with Gasteiger partial charge < -0.3 is 5.32 Å². The Hall–Kier alpha value is -3.02. The number of nitrogens with one attached hydrogen (secondary N) is 1. The van der Waals surface area contributed by atoms with Gasteiger partial charge in [0, 0.05) is 41.6 Å². The van der Waals surface area contributed by atoms with Crippen LogP contribution in [0.25, 0.3) is 22.8 Å². The van der Waals surface area contributed by atoms with Crippen LogP contribution in [0.3, 0.4) is 0 Å². The SMILES string of the molecule is C=C(NC(C)(C)C(C)(F)F)c1cc(-c2ccc(C)cc2)nc(-n2ccnc2C(C)(C)C)c1. The Morgan fingerprint density at radius 3 is 2.19 bits per heavy atom. The first-order valence-corrected chi connectivity index (χ1v) is 10.7. The molecule has 170 valence electrons. The van der Waals surface area contributed by atoms with E-state index in [0.717, 1.165) is 29.6 Å². The Morgan fingerprint density at radius 2 is 1.62 bits per heavy atom. The summed E-state index contributed by atoms with van der Waals surface area (Å²) in [4.78, 5) is 9.41. The van der Waals surface area contributed by atoms with Crippen LogP contribution in [0.5, 0.6) is 0 Å². The molecular formula is C26H32F2N4. The fourth-order valence-corrected chi connectivity index (χ4v) is 3.29. The van der Waals surface area contributed by atoms with Crippen molar-refractivity contribution in [2.75, 3.05) is 0 Å². The lowest BCUT2D eigenvalue weighted by Gasteiger charge is -2.34. The van der Waals surface area contributed by atoms with Crippen molar-refractivity contribution in [3.63, 3.8) is 0 Å². The van der Waals surface area contributed by atoms with Crippen molar-refractivity contribution in [2.24, 2.45) is 0 Å². The molecule has 0 aliphatic rings. The van der Waals surface area contributed by atoms with Crippen LogP contribution in [0.1, 0.15) is 58.5 Å². The van der Waals surface area contributed by atoms with Gasteiger partial charge in [-0.2, -0.15) is 0 Å². The molecule has 4 nitrogen and oxygen atoms in total. The molecule has 2 heterocycles.